The van der Waals surface area contributed by atoms with Gasteiger partial charge in [-0.2, -0.15) is 0 Å². The fourth-order valence-corrected chi connectivity index (χ4v) is 2.58. The monoisotopic (exact) mass is 240 g/mol. The van der Waals surface area contributed by atoms with Crippen LogP contribution in [0.5, 0.6) is 0 Å². The zero-order valence-corrected chi connectivity index (χ0v) is 10.3. The lowest BCUT2D eigenvalue weighted by atomic mass is 10.0. The number of carbonyl (C=O) groups excluding carboxylic acids is 1. The van der Waals surface area contributed by atoms with Gasteiger partial charge < -0.3 is 14.9 Å². The number of piperidine rings is 1. The number of nitrogens with zero attached hydrogens (tertiary/aromatic N) is 2. The normalized spacial score (nSPS) is 21.4. The van der Waals surface area contributed by atoms with Crippen LogP contribution < -0.4 is 0 Å². The summed E-state index contributed by atoms with van der Waals surface area (Å²) in [5.41, 5.74) is 0. The predicted molar refractivity (Wildman–Crippen MR) is 62.8 cm³/mol. The Hall–Kier alpha value is -1.26. The molecule has 2 fully saturated rings. The van der Waals surface area contributed by atoms with Crippen LogP contribution in [-0.4, -0.2) is 52.1 Å². The van der Waals surface area contributed by atoms with E-state index >= 15 is 0 Å². The molecule has 0 radical (unpaired) electrons. The smallest absolute Gasteiger partial charge is 0.407 e. The fraction of sp³-hybridized carbons (Fsp3) is 0.833. The Balaban J connectivity index is 1.93. The molecule has 1 saturated carbocycles. The van der Waals surface area contributed by atoms with Crippen molar-refractivity contribution in [3.63, 3.8) is 0 Å². The SMILES string of the molecule is CCC(=O)N(C1CC1)C1CCN(C(=O)O)CC1. The van der Waals surface area contributed by atoms with Crippen LogP contribution in [0.2, 0.25) is 0 Å². The molecular formula is C12H20N2O3. The number of amides is 2. The summed E-state index contributed by atoms with van der Waals surface area (Å²) in [6.45, 7) is 3.00. The highest BCUT2D eigenvalue weighted by atomic mass is 16.4. The molecule has 0 bridgehead atoms. The van der Waals surface area contributed by atoms with E-state index in [1.54, 1.807) is 0 Å². The second kappa shape index (κ2) is 4.94. The molecule has 5 heteroatoms. The van der Waals surface area contributed by atoms with Crippen LogP contribution in [0.15, 0.2) is 0 Å². The van der Waals surface area contributed by atoms with Gasteiger partial charge in [0.25, 0.3) is 0 Å². The van der Waals surface area contributed by atoms with Gasteiger partial charge >= 0.3 is 6.09 Å². The van der Waals surface area contributed by atoms with Crippen molar-refractivity contribution in [3.05, 3.63) is 0 Å². The molecule has 1 aliphatic carbocycles. The highest BCUT2D eigenvalue weighted by Gasteiger charge is 2.38. The second-order valence-electron chi connectivity index (χ2n) is 4.89. The van der Waals surface area contributed by atoms with Crippen molar-refractivity contribution in [2.45, 2.75) is 51.1 Å². The largest absolute Gasteiger partial charge is 0.465 e. The van der Waals surface area contributed by atoms with Gasteiger partial charge in [-0.15, -0.1) is 0 Å². The molecule has 1 heterocycles. The lowest BCUT2D eigenvalue weighted by Gasteiger charge is -2.37. The maximum absolute atomic E-state index is 11.9. The van der Waals surface area contributed by atoms with Crippen molar-refractivity contribution < 1.29 is 14.7 Å². The molecule has 2 aliphatic rings. The first-order chi connectivity index (χ1) is 8.13. The second-order valence-corrected chi connectivity index (χ2v) is 4.89. The molecule has 0 aromatic rings. The molecule has 0 aromatic heterocycles. The fourth-order valence-electron chi connectivity index (χ4n) is 2.58. The van der Waals surface area contributed by atoms with E-state index in [-0.39, 0.29) is 11.9 Å². The number of hydrogen-bond donors (Lipinski definition) is 1. The van der Waals surface area contributed by atoms with E-state index in [0.29, 0.717) is 25.6 Å². The third kappa shape index (κ3) is 2.70. The molecular weight excluding hydrogens is 220 g/mol. The molecule has 1 N–H and O–H groups in total. The Morgan fingerprint density at radius 2 is 1.71 bits per heavy atom. The summed E-state index contributed by atoms with van der Waals surface area (Å²) in [6, 6.07) is 0.689. The highest BCUT2D eigenvalue weighted by Crippen LogP contribution is 2.32. The zero-order valence-electron chi connectivity index (χ0n) is 10.3. The molecule has 17 heavy (non-hydrogen) atoms. The predicted octanol–water partition coefficient (Wildman–Crippen LogP) is 1.53. The summed E-state index contributed by atoms with van der Waals surface area (Å²) in [5, 5.41) is 8.89. The van der Waals surface area contributed by atoms with Crippen LogP contribution >= 0.6 is 0 Å². The third-order valence-electron chi connectivity index (χ3n) is 3.66. The number of carbonyl (C=O) groups is 2. The van der Waals surface area contributed by atoms with E-state index in [9.17, 15) is 9.59 Å². The molecule has 0 spiro atoms. The first-order valence-electron chi connectivity index (χ1n) is 6.42. The third-order valence-corrected chi connectivity index (χ3v) is 3.66. The topological polar surface area (TPSA) is 60.9 Å². The minimum absolute atomic E-state index is 0.223. The van der Waals surface area contributed by atoms with Gasteiger partial charge in [0.15, 0.2) is 0 Å². The Kier molecular flexibility index (Phi) is 3.54. The van der Waals surface area contributed by atoms with Crippen molar-refractivity contribution in [1.29, 1.82) is 0 Å². The number of carboxylic acid groups (broad SMARTS) is 1. The number of likely N-dealkylation sites (tertiary alicyclic amines) is 1. The van der Waals surface area contributed by atoms with Crippen molar-refractivity contribution >= 4 is 12.0 Å². The summed E-state index contributed by atoms with van der Waals surface area (Å²) in [4.78, 5) is 26.2. The van der Waals surface area contributed by atoms with Gasteiger partial charge in [-0.05, 0) is 25.7 Å². The highest BCUT2D eigenvalue weighted by molar-refractivity contribution is 5.77. The molecule has 96 valence electrons. The lowest BCUT2D eigenvalue weighted by molar-refractivity contribution is -0.134. The summed E-state index contributed by atoms with van der Waals surface area (Å²) in [6.07, 6.45) is 3.51. The zero-order chi connectivity index (χ0) is 12.4. The molecule has 2 amide bonds. The van der Waals surface area contributed by atoms with Crippen LogP contribution in [-0.2, 0) is 4.79 Å². The van der Waals surface area contributed by atoms with Gasteiger partial charge in [-0.25, -0.2) is 4.79 Å². The van der Waals surface area contributed by atoms with Crippen molar-refractivity contribution in [2.24, 2.45) is 0 Å². The van der Waals surface area contributed by atoms with E-state index in [2.05, 4.69) is 0 Å². The number of rotatable bonds is 3. The van der Waals surface area contributed by atoms with Crippen molar-refractivity contribution in [1.82, 2.24) is 9.80 Å². The van der Waals surface area contributed by atoms with Crippen LogP contribution in [0.1, 0.15) is 39.0 Å². The van der Waals surface area contributed by atoms with Crippen LogP contribution in [0.25, 0.3) is 0 Å². The van der Waals surface area contributed by atoms with Crippen LogP contribution in [0, 0.1) is 0 Å². The lowest BCUT2D eigenvalue weighted by Crippen LogP contribution is -2.49. The summed E-state index contributed by atoms with van der Waals surface area (Å²) in [5.74, 6) is 0.223. The Morgan fingerprint density at radius 1 is 1.18 bits per heavy atom. The van der Waals surface area contributed by atoms with Crippen molar-refractivity contribution in [3.8, 4) is 0 Å². The van der Waals surface area contributed by atoms with Gasteiger partial charge in [0.1, 0.15) is 0 Å². The van der Waals surface area contributed by atoms with Crippen molar-refractivity contribution in [2.75, 3.05) is 13.1 Å². The quantitative estimate of drug-likeness (QED) is 0.813. The first kappa shape index (κ1) is 12.2. The minimum Gasteiger partial charge on any atom is -0.465 e. The van der Waals surface area contributed by atoms with Gasteiger partial charge in [0.2, 0.25) is 5.91 Å². The van der Waals surface area contributed by atoms with E-state index < -0.39 is 6.09 Å². The molecule has 1 aliphatic heterocycles. The molecule has 0 aromatic carbocycles. The average Bonchev–Trinajstić information content (AvgIpc) is 3.14. The van der Waals surface area contributed by atoms with Gasteiger partial charge in [0.05, 0.1) is 0 Å². The van der Waals surface area contributed by atoms with Gasteiger partial charge in [0, 0.05) is 31.6 Å². The van der Waals surface area contributed by atoms with E-state index in [4.69, 9.17) is 5.11 Å². The Labute approximate surface area is 101 Å². The van der Waals surface area contributed by atoms with E-state index in [1.165, 1.54) is 4.90 Å². The molecule has 0 atom stereocenters. The maximum atomic E-state index is 11.9. The Bertz CT molecular complexity index is 307. The number of hydrogen-bond acceptors (Lipinski definition) is 2. The first-order valence-corrected chi connectivity index (χ1v) is 6.42. The summed E-state index contributed by atoms with van der Waals surface area (Å²) < 4.78 is 0. The van der Waals surface area contributed by atoms with E-state index in [0.717, 1.165) is 25.7 Å². The molecule has 0 unspecified atom stereocenters. The summed E-state index contributed by atoms with van der Waals surface area (Å²) >= 11 is 0. The average molecular weight is 240 g/mol. The van der Waals surface area contributed by atoms with Gasteiger partial charge in [-0.1, -0.05) is 6.92 Å². The summed E-state index contributed by atoms with van der Waals surface area (Å²) in [7, 11) is 0. The van der Waals surface area contributed by atoms with Crippen LogP contribution in [0.4, 0.5) is 4.79 Å². The standard InChI is InChI=1S/C12H20N2O3/c1-2-11(15)14(9-3-4-9)10-5-7-13(8-6-10)12(16)17/h9-10H,2-8H2,1H3,(H,16,17). The van der Waals surface area contributed by atoms with E-state index in [1.807, 2.05) is 11.8 Å². The Morgan fingerprint density at radius 3 is 2.12 bits per heavy atom. The minimum atomic E-state index is -0.844. The molecule has 5 nitrogen and oxygen atoms in total. The van der Waals surface area contributed by atoms with Crippen LogP contribution in [0.3, 0.4) is 0 Å². The van der Waals surface area contributed by atoms with Gasteiger partial charge in [-0.3, -0.25) is 4.79 Å². The molecule has 1 saturated heterocycles. The maximum Gasteiger partial charge on any atom is 0.407 e. The molecule has 2 rings (SSSR count).